The zero-order valence-electron chi connectivity index (χ0n) is 10.3. The molecule has 0 nitrogen and oxygen atoms in total. The summed E-state index contributed by atoms with van der Waals surface area (Å²) in [6.07, 6.45) is 0. The minimum absolute atomic E-state index is 0.865. The van der Waals surface area contributed by atoms with E-state index in [1.807, 2.05) is 43.0 Å². The van der Waals surface area contributed by atoms with Crippen molar-refractivity contribution >= 4 is 28.9 Å². The van der Waals surface area contributed by atoms with Crippen LogP contribution in [-0.4, -0.2) is 5.75 Å². The molecule has 0 N–H and O–H groups in total. The van der Waals surface area contributed by atoms with E-state index in [1.165, 1.54) is 16.0 Å². The summed E-state index contributed by atoms with van der Waals surface area (Å²) in [5.74, 6) is 0.892. The largest absolute Gasteiger partial charge is 0.121 e. The quantitative estimate of drug-likeness (QED) is 0.668. The van der Waals surface area contributed by atoms with Gasteiger partial charge in [-0.15, -0.1) is 11.8 Å². The highest BCUT2D eigenvalue weighted by molar-refractivity contribution is 7.99. The summed E-state index contributed by atoms with van der Waals surface area (Å²) in [5, 5.41) is 0.865. The molecule has 2 aromatic rings. The van der Waals surface area contributed by atoms with Crippen molar-refractivity contribution in [3.63, 3.8) is 0 Å². The van der Waals surface area contributed by atoms with Crippen LogP contribution in [0.1, 0.15) is 12.5 Å². The minimum Gasteiger partial charge on any atom is -0.121 e. The Kier molecular flexibility index (Phi) is 4.91. The van der Waals surface area contributed by atoms with Gasteiger partial charge < -0.3 is 0 Å². The summed E-state index contributed by atoms with van der Waals surface area (Å²) in [6.45, 7) is 1.95. The molecule has 2 heteroatoms. The Hall–Kier alpha value is -1.18. The van der Waals surface area contributed by atoms with Gasteiger partial charge in [-0.2, -0.15) is 0 Å². The second-order valence-corrected chi connectivity index (χ2v) is 5.60. The van der Waals surface area contributed by atoms with Crippen LogP contribution in [0.25, 0.3) is 5.57 Å². The van der Waals surface area contributed by atoms with Crippen molar-refractivity contribution < 1.29 is 0 Å². The lowest BCUT2D eigenvalue weighted by Gasteiger charge is -2.09. The molecule has 0 aliphatic carbocycles. The first-order valence-corrected chi connectivity index (χ1v) is 7.22. The van der Waals surface area contributed by atoms with Gasteiger partial charge in [-0.05, 0) is 30.2 Å². The highest BCUT2D eigenvalue weighted by Gasteiger charge is 2.05. The highest BCUT2D eigenvalue weighted by Crippen LogP contribution is 2.28. The standard InChI is InChI=1S/C16H15ClS/c1-13(17)16(14-8-4-2-5-9-14)12-18-15-10-6-3-7-11-15/h2-11H,12H2,1H3/b16-13+. The number of thioether (sulfide) groups is 1. The fourth-order valence-corrected chi connectivity index (χ4v) is 2.99. The Balaban J connectivity index is 2.13. The van der Waals surface area contributed by atoms with Gasteiger partial charge in [-0.1, -0.05) is 60.1 Å². The third kappa shape index (κ3) is 3.66. The van der Waals surface area contributed by atoms with E-state index >= 15 is 0 Å². The monoisotopic (exact) mass is 274 g/mol. The lowest BCUT2D eigenvalue weighted by Crippen LogP contribution is -1.90. The van der Waals surface area contributed by atoms with Crippen molar-refractivity contribution in [3.8, 4) is 0 Å². The molecule has 92 valence electrons. The fourth-order valence-electron chi connectivity index (χ4n) is 1.69. The van der Waals surface area contributed by atoms with Gasteiger partial charge in [0, 0.05) is 15.7 Å². The second-order valence-electron chi connectivity index (χ2n) is 3.98. The molecule has 0 unspecified atom stereocenters. The Morgan fingerprint density at radius 3 is 2.06 bits per heavy atom. The van der Waals surface area contributed by atoms with Gasteiger partial charge in [0.05, 0.1) is 0 Å². The third-order valence-electron chi connectivity index (χ3n) is 2.66. The van der Waals surface area contributed by atoms with Crippen LogP contribution in [0.4, 0.5) is 0 Å². The maximum absolute atomic E-state index is 6.21. The van der Waals surface area contributed by atoms with Crippen LogP contribution >= 0.6 is 23.4 Å². The van der Waals surface area contributed by atoms with Crippen LogP contribution in [0.2, 0.25) is 0 Å². The van der Waals surface area contributed by atoms with E-state index in [-0.39, 0.29) is 0 Å². The average Bonchev–Trinajstić information content (AvgIpc) is 2.41. The molecule has 18 heavy (non-hydrogen) atoms. The van der Waals surface area contributed by atoms with E-state index in [0.29, 0.717) is 0 Å². The highest BCUT2D eigenvalue weighted by atomic mass is 35.5. The van der Waals surface area contributed by atoms with E-state index in [9.17, 15) is 0 Å². The van der Waals surface area contributed by atoms with Crippen LogP contribution in [0, 0.1) is 0 Å². The number of benzene rings is 2. The first-order valence-electron chi connectivity index (χ1n) is 5.86. The smallest absolute Gasteiger partial charge is 0.0249 e. The zero-order valence-corrected chi connectivity index (χ0v) is 11.8. The van der Waals surface area contributed by atoms with Gasteiger partial charge in [0.1, 0.15) is 0 Å². The Morgan fingerprint density at radius 1 is 0.944 bits per heavy atom. The van der Waals surface area contributed by atoms with Crippen molar-refractivity contribution in [2.24, 2.45) is 0 Å². The molecule has 0 saturated carbocycles. The molecule has 0 fully saturated rings. The molecule has 0 amide bonds. The summed E-state index contributed by atoms with van der Waals surface area (Å²) in [6, 6.07) is 20.7. The van der Waals surface area contributed by atoms with Crippen molar-refractivity contribution in [3.05, 3.63) is 71.3 Å². The Morgan fingerprint density at radius 2 is 1.50 bits per heavy atom. The molecule has 0 aliphatic heterocycles. The molecule has 0 aliphatic rings. The number of halogens is 1. The lowest BCUT2D eigenvalue weighted by atomic mass is 10.1. The van der Waals surface area contributed by atoms with Crippen LogP contribution < -0.4 is 0 Å². The lowest BCUT2D eigenvalue weighted by molar-refractivity contribution is 1.45. The maximum atomic E-state index is 6.21. The van der Waals surface area contributed by atoms with Gasteiger partial charge in [-0.3, -0.25) is 0 Å². The third-order valence-corrected chi connectivity index (χ3v) is 3.93. The maximum Gasteiger partial charge on any atom is 0.0249 e. The van der Waals surface area contributed by atoms with E-state index in [1.54, 1.807) is 0 Å². The first kappa shape index (κ1) is 13.3. The first-order chi connectivity index (χ1) is 8.77. The van der Waals surface area contributed by atoms with Gasteiger partial charge in [0.25, 0.3) is 0 Å². The summed E-state index contributed by atoms with van der Waals surface area (Å²) in [7, 11) is 0. The number of allylic oxidation sites excluding steroid dienone is 1. The second kappa shape index (κ2) is 6.67. The fraction of sp³-hybridized carbons (Fsp3) is 0.125. The summed E-state index contributed by atoms with van der Waals surface area (Å²) < 4.78 is 0. The molecule has 0 heterocycles. The Bertz CT molecular complexity index is 513. The van der Waals surface area contributed by atoms with Gasteiger partial charge in [-0.25, -0.2) is 0 Å². The molecule has 0 atom stereocenters. The predicted molar refractivity (Wildman–Crippen MR) is 82.1 cm³/mol. The Labute approximate surface area is 118 Å². The van der Waals surface area contributed by atoms with Crippen LogP contribution in [0.15, 0.2) is 70.6 Å². The van der Waals surface area contributed by atoms with Gasteiger partial charge in [0.2, 0.25) is 0 Å². The molecule has 0 spiro atoms. The van der Waals surface area contributed by atoms with E-state index in [4.69, 9.17) is 11.6 Å². The topological polar surface area (TPSA) is 0 Å². The summed E-state index contributed by atoms with van der Waals surface area (Å²) >= 11 is 8.02. The van der Waals surface area contributed by atoms with Crippen LogP contribution in [0.3, 0.4) is 0 Å². The van der Waals surface area contributed by atoms with Gasteiger partial charge >= 0.3 is 0 Å². The number of hydrogen-bond acceptors (Lipinski definition) is 1. The van der Waals surface area contributed by atoms with Gasteiger partial charge in [0.15, 0.2) is 0 Å². The zero-order chi connectivity index (χ0) is 12.8. The number of hydrogen-bond donors (Lipinski definition) is 0. The summed E-state index contributed by atoms with van der Waals surface area (Å²) in [4.78, 5) is 1.27. The summed E-state index contributed by atoms with van der Waals surface area (Å²) in [5.41, 5.74) is 2.40. The van der Waals surface area contributed by atoms with E-state index in [2.05, 4.69) is 36.4 Å². The minimum atomic E-state index is 0.865. The van der Waals surface area contributed by atoms with Crippen LogP contribution in [0.5, 0.6) is 0 Å². The molecule has 2 rings (SSSR count). The molecular weight excluding hydrogens is 260 g/mol. The number of rotatable bonds is 4. The van der Waals surface area contributed by atoms with Crippen molar-refractivity contribution in [1.29, 1.82) is 0 Å². The molecule has 2 aromatic carbocycles. The normalized spacial score (nSPS) is 12.1. The van der Waals surface area contributed by atoms with E-state index in [0.717, 1.165) is 10.8 Å². The average molecular weight is 275 g/mol. The van der Waals surface area contributed by atoms with Crippen molar-refractivity contribution in [2.75, 3.05) is 5.75 Å². The molecule has 0 saturated heterocycles. The van der Waals surface area contributed by atoms with Crippen molar-refractivity contribution in [1.82, 2.24) is 0 Å². The van der Waals surface area contributed by atoms with E-state index < -0.39 is 0 Å². The molecule has 0 aromatic heterocycles. The SMILES string of the molecule is C/C(Cl)=C(/CSc1ccccc1)c1ccccc1. The van der Waals surface area contributed by atoms with Crippen LogP contribution in [-0.2, 0) is 0 Å². The molecule has 0 bridgehead atoms. The predicted octanol–water partition coefficient (Wildman–Crippen LogP) is 5.45. The molecule has 0 radical (unpaired) electrons. The van der Waals surface area contributed by atoms with Crippen molar-refractivity contribution in [2.45, 2.75) is 11.8 Å². The molecular formula is C16H15ClS.